The van der Waals surface area contributed by atoms with Crippen molar-refractivity contribution >= 4 is 22.4 Å². The van der Waals surface area contributed by atoms with E-state index in [9.17, 15) is 4.79 Å². The number of thiazole rings is 1. The monoisotopic (exact) mass is 412 g/mol. The molecule has 1 N–H and O–H groups in total. The van der Waals surface area contributed by atoms with Crippen LogP contribution in [0.15, 0.2) is 47.8 Å². The van der Waals surface area contributed by atoms with Gasteiger partial charge in [-0.3, -0.25) is 10.1 Å². The third-order valence-corrected chi connectivity index (χ3v) is 5.05. The molecular formula is C22H24N2O4S. The number of hydrogen-bond acceptors (Lipinski definition) is 6. The average molecular weight is 413 g/mol. The van der Waals surface area contributed by atoms with Gasteiger partial charge in [-0.1, -0.05) is 13.3 Å². The Morgan fingerprint density at radius 2 is 1.83 bits per heavy atom. The van der Waals surface area contributed by atoms with Crippen LogP contribution in [0.2, 0.25) is 0 Å². The van der Waals surface area contributed by atoms with Gasteiger partial charge in [0.15, 0.2) is 5.13 Å². The van der Waals surface area contributed by atoms with Gasteiger partial charge in [0.05, 0.1) is 26.5 Å². The lowest BCUT2D eigenvalue weighted by atomic mass is 10.1. The molecule has 152 valence electrons. The Labute approximate surface area is 174 Å². The molecular weight excluding hydrogens is 388 g/mol. The summed E-state index contributed by atoms with van der Waals surface area (Å²) in [5, 5.41) is 5.23. The van der Waals surface area contributed by atoms with E-state index in [2.05, 4.69) is 17.2 Å². The number of methoxy groups -OCH3 is 2. The fourth-order valence-corrected chi connectivity index (χ4v) is 3.38. The smallest absolute Gasteiger partial charge is 0.257 e. The highest BCUT2D eigenvalue weighted by Gasteiger charge is 2.14. The molecule has 0 spiro atoms. The van der Waals surface area contributed by atoms with E-state index in [0.717, 1.165) is 24.2 Å². The number of anilines is 1. The topological polar surface area (TPSA) is 69.7 Å². The molecule has 0 aliphatic rings. The van der Waals surface area contributed by atoms with Crippen molar-refractivity contribution in [1.82, 2.24) is 4.98 Å². The second-order valence-electron chi connectivity index (χ2n) is 6.28. The number of benzene rings is 2. The molecule has 0 saturated carbocycles. The van der Waals surface area contributed by atoms with Crippen LogP contribution in [-0.2, 0) is 0 Å². The fraction of sp³-hybridized carbons (Fsp3) is 0.273. The van der Waals surface area contributed by atoms with E-state index in [1.807, 2.05) is 23.6 Å². The first kappa shape index (κ1) is 20.7. The van der Waals surface area contributed by atoms with Crippen LogP contribution in [0.5, 0.6) is 17.2 Å². The van der Waals surface area contributed by atoms with Crippen molar-refractivity contribution in [2.24, 2.45) is 0 Å². The maximum atomic E-state index is 12.5. The summed E-state index contributed by atoms with van der Waals surface area (Å²) in [5.74, 6) is 1.94. The van der Waals surface area contributed by atoms with Gasteiger partial charge >= 0.3 is 0 Å². The lowest BCUT2D eigenvalue weighted by Crippen LogP contribution is -2.11. The molecule has 1 amide bonds. The van der Waals surface area contributed by atoms with Gasteiger partial charge in [-0.05, 0) is 48.9 Å². The van der Waals surface area contributed by atoms with Gasteiger partial charge in [0.25, 0.3) is 5.91 Å². The highest BCUT2D eigenvalue weighted by atomic mass is 32.1. The van der Waals surface area contributed by atoms with E-state index in [1.54, 1.807) is 38.5 Å². The Morgan fingerprint density at radius 1 is 1.07 bits per heavy atom. The summed E-state index contributed by atoms with van der Waals surface area (Å²) in [4.78, 5) is 17.0. The summed E-state index contributed by atoms with van der Waals surface area (Å²) in [6.45, 7) is 2.79. The standard InChI is InChI=1S/C22H24N2O4S/c1-4-5-12-28-16-8-6-15(7-9-16)21(25)24-22-23-19(14-29-22)18-13-17(26-2)10-11-20(18)27-3/h6-11,13-14H,4-5,12H2,1-3H3,(H,23,24,25). The number of ether oxygens (including phenoxy) is 3. The van der Waals surface area contributed by atoms with Gasteiger partial charge in [0.2, 0.25) is 0 Å². The summed E-state index contributed by atoms with van der Waals surface area (Å²) in [5.41, 5.74) is 2.06. The molecule has 0 aliphatic heterocycles. The van der Waals surface area contributed by atoms with Crippen LogP contribution in [0.3, 0.4) is 0 Å². The van der Waals surface area contributed by atoms with Gasteiger partial charge < -0.3 is 14.2 Å². The first-order valence-corrected chi connectivity index (χ1v) is 10.2. The maximum Gasteiger partial charge on any atom is 0.257 e. The van der Waals surface area contributed by atoms with Crippen molar-refractivity contribution in [1.29, 1.82) is 0 Å². The molecule has 0 fully saturated rings. The zero-order valence-corrected chi connectivity index (χ0v) is 17.5. The zero-order chi connectivity index (χ0) is 20.6. The largest absolute Gasteiger partial charge is 0.497 e. The van der Waals surface area contributed by atoms with Crippen molar-refractivity contribution in [3.05, 3.63) is 53.4 Å². The van der Waals surface area contributed by atoms with Crippen LogP contribution in [0.4, 0.5) is 5.13 Å². The molecule has 29 heavy (non-hydrogen) atoms. The van der Waals surface area contributed by atoms with Crippen LogP contribution >= 0.6 is 11.3 Å². The van der Waals surface area contributed by atoms with Crippen molar-refractivity contribution in [2.75, 3.05) is 26.1 Å². The first-order valence-electron chi connectivity index (χ1n) is 9.36. The van der Waals surface area contributed by atoms with Crippen molar-refractivity contribution in [2.45, 2.75) is 19.8 Å². The zero-order valence-electron chi connectivity index (χ0n) is 16.7. The normalized spacial score (nSPS) is 10.4. The summed E-state index contributed by atoms with van der Waals surface area (Å²) >= 11 is 1.35. The minimum Gasteiger partial charge on any atom is -0.497 e. The molecule has 0 atom stereocenters. The van der Waals surface area contributed by atoms with E-state index >= 15 is 0 Å². The quantitative estimate of drug-likeness (QED) is 0.486. The first-order chi connectivity index (χ1) is 14.1. The molecule has 6 nitrogen and oxygen atoms in total. The van der Waals surface area contributed by atoms with E-state index in [4.69, 9.17) is 14.2 Å². The number of amides is 1. The third-order valence-electron chi connectivity index (χ3n) is 4.29. The Kier molecular flexibility index (Phi) is 7.08. The number of carbonyl (C=O) groups is 1. The molecule has 7 heteroatoms. The van der Waals surface area contributed by atoms with Crippen LogP contribution in [-0.4, -0.2) is 31.7 Å². The number of nitrogens with zero attached hydrogens (tertiary/aromatic N) is 1. The molecule has 0 aliphatic carbocycles. The molecule has 3 aromatic rings. The van der Waals surface area contributed by atoms with E-state index in [-0.39, 0.29) is 5.91 Å². The average Bonchev–Trinajstić information content (AvgIpc) is 3.22. The highest BCUT2D eigenvalue weighted by Crippen LogP contribution is 2.35. The second kappa shape index (κ2) is 9.93. The van der Waals surface area contributed by atoms with Gasteiger partial charge in [0.1, 0.15) is 17.2 Å². The molecule has 0 saturated heterocycles. The molecule has 0 bridgehead atoms. The SMILES string of the molecule is CCCCOc1ccc(C(=O)Nc2nc(-c3cc(OC)ccc3OC)cs2)cc1. The number of nitrogens with one attached hydrogen (secondary N) is 1. The number of unbranched alkanes of at least 4 members (excludes halogenated alkanes) is 1. The van der Waals surface area contributed by atoms with Gasteiger partial charge in [-0.15, -0.1) is 11.3 Å². The van der Waals surface area contributed by atoms with Crippen LogP contribution in [0.1, 0.15) is 30.1 Å². The molecule has 3 rings (SSSR count). The molecule has 1 aromatic heterocycles. The summed E-state index contributed by atoms with van der Waals surface area (Å²) < 4.78 is 16.3. The lowest BCUT2D eigenvalue weighted by Gasteiger charge is -2.08. The second-order valence-corrected chi connectivity index (χ2v) is 7.14. The molecule has 0 radical (unpaired) electrons. The summed E-state index contributed by atoms with van der Waals surface area (Å²) in [6.07, 6.45) is 2.09. The van der Waals surface area contributed by atoms with Crippen molar-refractivity contribution < 1.29 is 19.0 Å². The minimum atomic E-state index is -0.219. The number of aromatic nitrogens is 1. The maximum absolute atomic E-state index is 12.5. The predicted molar refractivity (Wildman–Crippen MR) is 115 cm³/mol. The van der Waals surface area contributed by atoms with Crippen molar-refractivity contribution in [3.63, 3.8) is 0 Å². The van der Waals surface area contributed by atoms with Crippen molar-refractivity contribution in [3.8, 4) is 28.5 Å². The highest BCUT2D eigenvalue weighted by molar-refractivity contribution is 7.14. The third kappa shape index (κ3) is 5.26. The van der Waals surface area contributed by atoms with Gasteiger partial charge in [-0.2, -0.15) is 0 Å². The van der Waals surface area contributed by atoms with Crippen LogP contribution in [0, 0.1) is 0 Å². The Balaban J connectivity index is 1.69. The lowest BCUT2D eigenvalue weighted by molar-refractivity contribution is 0.102. The molecule has 0 unspecified atom stereocenters. The minimum absolute atomic E-state index is 0.219. The fourth-order valence-electron chi connectivity index (χ4n) is 2.68. The summed E-state index contributed by atoms with van der Waals surface area (Å²) in [7, 11) is 3.22. The number of hydrogen-bond donors (Lipinski definition) is 1. The summed E-state index contributed by atoms with van der Waals surface area (Å²) in [6, 6.07) is 12.6. The Hall–Kier alpha value is -3.06. The Bertz CT molecular complexity index is 954. The number of rotatable bonds is 9. The Morgan fingerprint density at radius 3 is 2.52 bits per heavy atom. The van der Waals surface area contributed by atoms with Gasteiger partial charge in [-0.25, -0.2) is 4.98 Å². The molecule has 2 aromatic carbocycles. The predicted octanol–water partition coefficient (Wildman–Crippen LogP) is 5.26. The van der Waals surface area contributed by atoms with E-state index in [1.165, 1.54) is 11.3 Å². The van der Waals surface area contributed by atoms with Gasteiger partial charge in [0, 0.05) is 16.5 Å². The van der Waals surface area contributed by atoms with Crippen LogP contribution < -0.4 is 19.5 Å². The van der Waals surface area contributed by atoms with E-state index < -0.39 is 0 Å². The molecule has 1 heterocycles. The van der Waals surface area contributed by atoms with E-state index in [0.29, 0.717) is 34.5 Å². The van der Waals surface area contributed by atoms with Crippen LogP contribution in [0.25, 0.3) is 11.3 Å². The number of carbonyl (C=O) groups excluding carboxylic acids is 1.